The molecular weight excluding hydrogens is 203 g/mol. The Morgan fingerprint density at radius 2 is 1.92 bits per heavy atom. The van der Waals surface area contributed by atoms with Crippen molar-refractivity contribution in [3.8, 4) is 5.75 Å². The Hall–Kier alpha value is -0.0700. The molecule has 0 aliphatic heterocycles. The maximum atomic E-state index is 10.5. The summed E-state index contributed by atoms with van der Waals surface area (Å²) in [7, 11) is -4.41. The Morgan fingerprint density at radius 3 is 2.31 bits per heavy atom. The zero-order valence-electron chi connectivity index (χ0n) is 7.31. The van der Waals surface area contributed by atoms with Gasteiger partial charge >= 0.3 is 29.6 Å². The molecular formula is C7H7NaO4S. The van der Waals surface area contributed by atoms with E-state index in [0.717, 1.165) is 12.1 Å². The van der Waals surface area contributed by atoms with Crippen molar-refractivity contribution < 1.29 is 47.6 Å². The minimum atomic E-state index is -4.41. The molecule has 0 unspecified atom stereocenters. The molecule has 1 aromatic carbocycles. The number of benzene rings is 1. The largest absolute Gasteiger partial charge is 1.00 e. The summed E-state index contributed by atoms with van der Waals surface area (Å²) in [5.74, 6) is -0.0556. The van der Waals surface area contributed by atoms with Crippen LogP contribution in [0.25, 0.3) is 0 Å². The quantitative estimate of drug-likeness (QED) is 0.414. The summed E-state index contributed by atoms with van der Waals surface area (Å²) >= 11 is 0. The molecule has 0 aliphatic carbocycles. The molecule has 0 saturated carbocycles. The molecule has 0 bridgehead atoms. The first kappa shape index (κ1) is 12.9. The molecule has 0 saturated heterocycles. The normalized spacial score (nSPS) is 10.6. The van der Waals surface area contributed by atoms with E-state index in [9.17, 15) is 13.0 Å². The summed E-state index contributed by atoms with van der Waals surface area (Å²) in [6, 6.07) is 3.48. The predicted molar refractivity (Wildman–Crippen MR) is 40.8 cm³/mol. The van der Waals surface area contributed by atoms with Crippen molar-refractivity contribution >= 4 is 10.1 Å². The molecule has 1 rings (SSSR count). The Balaban J connectivity index is 0.00000144. The summed E-state index contributed by atoms with van der Waals surface area (Å²) < 4.78 is 31.6. The summed E-state index contributed by atoms with van der Waals surface area (Å²) in [6.45, 7) is 1.45. The SMILES string of the molecule is Cc1cc(O)ccc1S(=O)(=O)[O-].[Na+]. The zero-order chi connectivity index (χ0) is 9.35. The Morgan fingerprint density at radius 1 is 1.38 bits per heavy atom. The fraction of sp³-hybridized carbons (Fsp3) is 0.143. The molecule has 66 valence electrons. The van der Waals surface area contributed by atoms with Crippen LogP contribution in [0.15, 0.2) is 23.1 Å². The number of phenolic OH excluding ortho intramolecular Hbond substituents is 1. The average molecular weight is 210 g/mol. The van der Waals surface area contributed by atoms with Gasteiger partial charge < -0.3 is 9.66 Å². The van der Waals surface area contributed by atoms with E-state index in [4.69, 9.17) is 5.11 Å². The van der Waals surface area contributed by atoms with Crippen molar-refractivity contribution in [2.45, 2.75) is 11.8 Å². The number of hydrogen-bond acceptors (Lipinski definition) is 4. The number of rotatable bonds is 1. The van der Waals surface area contributed by atoms with Gasteiger partial charge in [-0.15, -0.1) is 0 Å². The number of aryl methyl sites for hydroxylation is 1. The van der Waals surface area contributed by atoms with Crippen molar-refractivity contribution in [3.63, 3.8) is 0 Å². The van der Waals surface area contributed by atoms with Gasteiger partial charge in [0.1, 0.15) is 15.9 Å². The van der Waals surface area contributed by atoms with Gasteiger partial charge in [0.2, 0.25) is 0 Å². The van der Waals surface area contributed by atoms with E-state index in [2.05, 4.69) is 0 Å². The van der Waals surface area contributed by atoms with Crippen molar-refractivity contribution in [3.05, 3.63) is 23.8 Å². The van der Waals surface area contributed by atoms with Gasteiger partial charge in [-0.25, -0.2) is 8.42 Å². The van der Waals surface area contributed by atoms with E-state index in [1.54, 1.807) is 0 Å². The number of phenols is 1. The van der Waals surface area contributed by atoms with Crippen LogP contribution in [0.5, 0.6) is 5.75 Å². The molecule has 0 aliphatic rings. The average Bonchev–Trinajstić information content (AvgIpc) is 1.83. The first-order valence-electron chi connectivity index (χ1n) is 3.17. The molecule has 4 nitrogen and oxygen atoms in total. The van der Waals surface area contributed by atoms with E-state index in [-0.39, 0.29) is 45.8 Å². The second-order valence-corrected chi connectivity index (χ2v) is 3.75. The van der Waals surface area contributed by atoms with Gasteiger partial charge in [0.05, 0.1) is 4.90 Å². The molecule has 1 N–H and O–H groups in total. The van der Waals surface area contributed by atoms with Gasteiger partial charge in [0, 0.05) is 0 Å². The third-order valence-corrected chi connectivity index (χ3v) is 2.42. The van der Waals surface area contributed by atoms with Crippen LogP contribution < -0.4 is 29.6 Å². The first-order chi connectivity index (χ1) is 5.41. The van der Waals surface area contributed by atoms with Crippen molar-refractivity contribution in [1.82, 2.24) is 0 Å². The number of hydrogen-bond donors (Lipinski definition) is 1. The molecule has 0 aromatic heterocycles. The summed E-state index contributed by atoms with van der Waals surface area (Å²) in [6.07, 6.45) is 0. The Kier molecular flexibility index (Phi) is 4.41. The number of aromatic hydroxyl groups is 1. The molecule has 0 atom stereocenters. The fourth-order valence-electron chi connectivity index (χ4n) is 0.914. The van der Waals surface area contributed by atoms with E-state index < -0.39 is 10.1 Å². The summed E-state index contributed by atoms with van der Waals surface area (Å²) in [5.41, 5.74) is 0.255. The predicted octanol–water partition coefficient (Wildman–Crippen LogP) is -2.39. The van der Waals surface area contributed by atoms with Crippen molar-refractivity contribution in [1.29, 1.82) is 0 Å². The third-order valence-electron chi connectivity index (χ3n) is 1.43. The van der Waals surface area contributed by atoms with E-state index in [0.29, 0.717) is 0 Å². The molecule has 0 amide bonds. The van der Waals surface area contributed by atoms with Crippen LogP contribution in [0.2, 0.25) is 0 Å². The van der Waals surface area contributed by atoms with Gasteiger partial charge in [-0.3, -0.25) is 0 Å². The second-order valence-electron chi connectivity index (χ2n) is 2.40. The van der Waals surface area contributed by atoms with Crippen LogP contribution in [-0.2, 0) is 10.1 Å². The topological polar surface area (TPSA) is 77.4 Å². The Labute approximate surface area is 98.6 Å². The standard InChI is InChI=1S/C7H8O4S.Na/c1-5-4-6(8)2-3-7(5)12(9,10)11;/h2-4,8H,1H3,(H,9,10,11);/q;+1/p-1. The van der Waals surface area contributed by atoms with E-state index in [1.165, 1.54) is 13.0 Å². The molecule has 1 aromatic rings. The first-order valence-corrected chi connectivity index (χ1v) is 4.57. The summed E-state index contributed by atoms with van der Waals surface area (Å²) in [4.78, 5) is -0.291. The van der Waals surface area contributed by atoms with Gasteiger partial charge in [-0.1, -0.05) is 0 Å². The monoisotopic (exact) mass is 210 g/mol. The van der Waals surface area contributed by atoms with Crippen LogP contribution in [0.4, 0.5) is 0 Å². The van der Waals surface area contributed by atoms with Crippen molar-refractivity contribution in [2.24, 2.45) is 0 Å². The molecule has 6 heteroatoms. The maximum Gasteiger partial charge on any atom is 1.00 e. The molecule has 0 fully saturated rings. The van der Waals surface area contributed by atoms with Crippen LogP contribution in [0.3, 0.4) is 0 Å². The Bertz CT molecular complexity index is 399. The van der Waals surface area contributed by atoms with E-state index >= 15 is 0 Å². The van der Waals surface area contributed by atoms with Crippen LogP contribution >= 0.6 is 0 Å². The zero-order valence-corrected chi connectivity index (χ0v) is 10.1. The fourth-order valence-corrected chi connectivity index (χ4v) is 1.60. The molecule has 0 spiro atoms. The maximum absolute atomic E-state index is 10.5. The minimum absolute atomic E-state index is 0. The second kappa shape index (κ2) is 4.43. The van der Waals surface area contributed by atoms with Gasteiger partial charge in [0.15, 0.2) is 0 Å². The summed E-state index contributed by atoms with van der Waals surface area (Å²) in [5, 5.41) is 8.91. The molecule has 0 radical (unpaired) electrons. The minimum Gasteiger partial charge on any atom is -0.744 e. The van der Waals surface area contributed by atoms with Gasteiger partial charge in [0.25, 0.3) is 0 Å². The smallest absolute Gasteiger partial charge is 0.744 e. The van der Waals surface area contributed by atoms with Crippen LogP contribution in [0.1, 0.15) is 5.56 Å². The van der Waals surface area contributed by atoms with Crippen molar-refractivity contribution in [2.75, 3.05) is 0 Å². The van der Waals surface area contributed by atoms with Crippen LogP contribution in [-0.4, -0.2) is 18.1 Å². The van der Waals surface area contributed by atoms with Gasteiger partial charge in [-0.05, 0) is 30.7 Å². The molecule has 13 heavy (non-hydrogen) atoms. The van der Waals surface area contributed by atoms with E-state index in [1.807, 2.05) is 0 Å². The van der Waals surface area contributed by atoms with Gasteiger partial charge in [-0.2, -0.15) is 0 Å². The molecule has 0 heterocycles. The third kappa shape index (κ3) is 3.28. The van der Waals surface area contributed by atoms with Crippen LogP contribution in [0, 0.1) is 6.92 Å².